The van der Waals surface area contributed by atoms with Crippen molar-refractivity contribution in [2.75, 3.05) is 17.2 Å². The van der Waals surface area contributed by atoms with Crippen LogP contribution in [0.25, 0.3) is 0 Å². The van der Waals surface area contributed by atoms with Crippen LogP contribution in [-0.4, -0.2) is 16.5 Å². The van der Waals surface area contributed by atoms with Crippen LogP contribution in [0.1, 0.15) is 17.7 Å². The third-order valence-electron chi connectivity index (χ3n) is 3.07. The molecule has 1 aromatic heterocycles. The smallest absolute Gasteiger partial charge is 0.228 e. The van der Waals surface area contributed by atoms with Gasteiger partial charge in [0.2, 0.25) is 5.95 Å². The van der Waals surface area contributed by atoms with Gasteiger partial charge in [0, 0.05) is 24.1 Å². The number of nitrogens with one attached hydrogen (secondary N) is 2. The molecule has 2 aromatic rings. The molecule has 0 fully saturated rings. The van der Waals surface area contributed by atoms with Gasteiger partial charge < -0.3 is 10.6 Å². The summed E-state index contributed by atoms with van der Waals surface area (Å²) in [6.07, 6.45) is 3.81. The Morgan fingerprint density at radius 3 is 3.16 bits per heavy atom. The molecule has 2 heterocycles. The molecule has 5 nitrogen and oxygen atoms in total. The van der Waals surface area contributed by atoms with Crippen molar-refractivity contribution in [2.24, 2.45) is 0 Å². The molecule has 1 aliphatic heterocycles. The van der Waals surface area contributed by atoms with Crippen molar-refractivity contribution < 1.29 is 0 Å². The van der Waals surface area contributed by atoms with Gasteiger partial charge in [0.25, 0.3) is 0 Å². The van der Waals surface area contributed by atoms with Gasteiger partial charge in [0.1, 0.15) is 11.8 Å². The highest BCUT2D eigenvalue weighted by molar-refractivity contribution is 5.63. The number of benzene rings is 1. The Bertz CT molecular complexity index is 645. The molecule has 94 valence electrons. The second-order valence-electron chi connectivity index (χ2n) is 4.40. The first-order valence-corrected chi connectivity index (χ1v) is 6.22. The molecular weight excluding hydrogens is 238 g/mol. The highest BCUT2D eigenvalue weighted by atomic mass is 15.1. The summed E-state index contributed by atoms with van der Waals surface area (Å²) >= 11 is 0. The van der Waals surface area contributed by atoms with Crippen LogP contribution in [0.3, 0.4) is 0 Å². The van der Waals surface area contributed by atoms with Crippen molar-refractivity contribution in [3.05, 3.63) is 41.7 Å². The maximum atomic E-state index is 8.81. The fraction of sp³-hybridized carbons (Fsp3) is 0.214. The maximum absolute atomic E-state index is 8.81. The summed E-state index contributed by atoms with van der Waals surface area (Å²) in [6, 6.07) is 9.73. The SMILES string of the molecule is N#Cc1ccnc(Nc2ccc3c(c2)CCCN3)n1. The van der Waals surface area contributed by atoms with E-state index in [1.807, 2.05) is 12.1 Å². The normalized spacial score (nSPS) is 13.0. The molecule has 0 bridgehead atoms. The Hall–Kier alpha value is -2.61. The third-order valence-corrected chi connectivity index (χ3v) is 3.07. The third kappa shape index (κ3) is 2.47. The monoisotopic (exact) mass is 251 g/mol. The molecule has 3 rings (SSSR count). The topological polar surface area (TPSA) is 73.6 Å². The standard InChI is InChI=1S/C14H13N5/c15-9-12-5-7-17-14(19-12)18-11-3-4-13-10(8-11)2-1-6-16-13/h3-5,7-8,16H,1-2,6H2,(H,17,18,19). The van der Waals surface area contributed by atoms with Gasteiger partial charge in [-0.2, -0.15) is 5.26 Å². The van der Waals surface area contributed by atoms with E-state index in [0.29, 0.717) is 11.6 Å². The molecule has 0 amide bonds. The van der Waals surface area contributed by atoms with Gasteiger partial charge in [-0.15, -0.1) is 0 Å². The summed E-state index contributed by atoms with van der Waals surface area (Å²) in [7, 11) is 0. The van der Waals surface area contributed by atoms with Crippen LogP contribution in [0.4, 0.5) is 17.3 Å². The summed E-state index contributed by atoms with van der Waals surface area (Å²) in [5.41, 5.74) is 3.80. The number of hydrogen-bond donors (Lipinski definition) is 2. The minimum atomic E-state index is 0.358. The van der Waals surface area contributed by atoms with Gasteiger partial charge >= 0.3 is 0 Å². The zero-order chi connectivity index (χ0) is 13.1. The van der Waals surface area contributed by atoms with Crippen LogP contribution >= 0.6 is 0 Å². The Morgan fingerprint density at radius 1 is 1.32 bits per heavy atom. The second-order valence-corrected chi connectivity index (χ2v) is 4.40. The molecule has 0 saturated carbocycles. The molecule has 0 unspecified atom stereocenters. The number of anilines is 3. The van der Waals surface area contributed by atoms with E-state index >= 15 is 0 Å². The van der Waals surface area contributed by atoms with Crippen LogP contribution in [0.5, 0.6) is 0 Å². The molecule has 5 heteroatoms. The van der Waals surface area contributed by atoms with Gasteiger partial charge in [0.15, 0.2) is 0 Å². The Kier molecular flexibility index (Phi) is 2.99. The second kappa shape index (κ2) is 4.94. The maximum Gasteiger partial charge on any atom is 0.228 e. The van der Waals surface area contributed by atoms with E-state index in [9.17, 15) is 0 Å². The molecule has 1 aromatic carbocycles. The van der Waals surface area contributed by atoms with Gasteiger partial charge in [0.05, 0.1) is 0 Å². The van der Waals surface area contributed by atoms with E-state index in [0.717, 1.165) is 25.1 Å². The summed E-state index contributed by atoms with van der Waals surface area (Å²) in [6.45, 7) is 1.03. The number of fused-ring (bicyclic) bond motifs is 1. The number of nitriles is 1. The molecule has 19 heavy (non-hydrogen) atoms. The van der Waals surface area contributed by atoms with E-state index in [2.05, 4.69) is 32.7 Å². The summed E-state index contributed by atoms with van der Waals surface area (Å²) < 4.78 is 0. The molecule has 0 saturated heterocycles. The van der Waals surface area contributed by atoms with Crippen molar-refractivity contribution in [1.29, 1.82) is 5.26 Å². The number of aromatic nitrogens is 2. The fourth-order valence-corrected chi connectivity index (χ4v) is 2.16. The Labute approximate surface area is 111 Å². The lowest BCUT2D eigenvalue weighted by atomic mass is 10.0. The van der Waals surface area contributed by atoms with E-state index in [-0.39, 0.29) is 0 Å². The molecule has 0 spiro atoms. The minimum absolute atomic E-state index is 0.358. The highest BCUT2D eigenvalue weighted by Gasteiger charge is 2.09. The summed E-state index contributed by atoms with van der Waals surface area (Å²) in [5, 5.41) is 15.3. The van der Waals surface area contributed by atoms with Gasteiger partial charge in [-0.3, -0.25) is 0 Å². The van der Waals surface area contributed by atoms with Crippen LogP contribution in [0, 0.1) is 11.3 Å². The molecule has 0 aliphatic carbocycles. The Balaban J connectivity index is 1.85. The van der Waals surface area contributed by atoms with Crippen LogP contribution < -0.4 is 10.6 Å². The van der Waals surface area contributed by atoms with Gasteiger partial charge in [-0.1, -0.05) is 0 Å². The molecule has 1 aliphatic rings. The average molecular weight is 251 g/mol. The van der Waals surface area contributed by atoms with Gasteiger partial charge in [-0.05, 0) is 42.7 Å². The number of nitrogens with zero attached hydrogens (tertiary/aromatic N) is 3. The van der Waals surface area contributed by atoms with Crippen molar-refractivity contribution in [3.63, 3.8) is 0 Å². The summed E-state index contributed by atoms with van der Waals surface area (Å²) in [5.74, 6) is 0.447. The summed E-state index contributed by atoms with van der Waals surface area (Å²) in [4.78, 5) is 8.21. The zero-order valence-electron chi connectivity index (χ0n) is 10.3. The zero-order valence-corrected chi connectivity index (χ0v) is 10.3. The van der Waals surface area contributed by atoms with E-state index in [1.54, 1.807) is 12.3 Å². The number of rotatable bonds is 2. The van der Waals surface area contributed by atoms with Gasteiger partial charge in [-0.25, -0.2) is 9.97 Å². The predicted molar refractivity (Wildman–Crippen MR) is 73.3 cm³/mol. The minimum Gasteiger partial charge on any atom is -0.385 e. The van der Waals surface area contributed by atoms with Crippen LogP contribution in [0.15, 0.2) is 30.5 Å². The lowest BCUT2D eigenvalue weighted by molar-refractivity contribution is 0.830. The van der Waals surface area contributed by atoms with Crippen molar-refractivity contribution >= 4 is 17.3 Å². The first-order chi connectivity index (χ1) is 9.35. The van der Waals surface area contributed by atoms with Crippen LogP contribution in [0.2, 0.25) is 0 Å². The lowest BCUT2D eigenvalue weighted by Gasteiger charge is -2.18. The van der Waals surface area contributed by atoms with Crippen molar-refractivity contribution in [1.82, 2.24) is 9.97 Å². The molecule has 0 atom stereocenters. The van der Waals surface area contributed by atoms with Crippen molar-refractivity contribution in [2.45, 2.75) is 12.8 Å². The fourth-order valence-electron chi connectivity index (χ4n) is 2.16. The quantitative estimate of drug-likeness (QED) is 0.857. The average Bonchev–Trinajstić information content (AvgIpc) is 2.47. The first kappa shape index (κ1) is 11.5. The van der Waals surface area contributed by atoms with E-state index in [1.165, 1.54) is 11.3 Å². The largest absolute Gasteiger partial charge is 0.385 e. The number of hydrogen-bond acceptors (Lipinski definition) is 5. The molecule has 2 N–H and O–H groups in total. The first-order valence-electron chi connectivity index (χ1n) is 6.22. The highest BCUT2D eigenvalue weighted by Crippen LogP contribution is 2.26. The lowest BCUT2D eigenvalue weighted by Crippen LogP contribution is -2.11. The number of aryl methyl sites for hydroxylation is 1. The molecular formula is C14H13N5. The van der Waals surface area contributed by atoms with Crippen LogP contribution in [-0.2, 0) is 6.42 Å². The molecule has 0 radical (unpaired) electrons. The van der Waals surface area contributed by atoms with E-state index < -0.39 is 0 Å². The van der Waals surface area contributed by atoms with Crippen molar-refractivity contribution in [3.8, 4) is 6.07 Å². The predicted octanol–water partition coefficient (Wildman–Crippen LogP) is 2.45. The Morgan fingerprint density at radius 2 is 2.26 bits per heavy atom. The van der Waals surface area contributed by atoms with E-state index in [4.69, 9.17) is 5.26 Å².